The molecule has 402 valence electrons. The topological polar surface area (TPSA) is 248 Å². The Morgan fingerprint density at radius 1 is 0.632 bits per heavy atom. The maximum atomic E-state index is 13.1. The molecule has 1 aromatic heterocycles. The second-order valence-electron chi connectivity index (χ2n) is 20.9. The number of amides is 8. The van der Waals surface area contributed by atoms with E-state index < -0.39 is 17.6 Å². The first-order valence-electron chi connectivity index (χ1n) is 25.7. The van der Waals surface area contributed by atoms with Crippen LogP contribution >= 0.6 is 0 Å². The Morgan fingerprint density at radius 2 is 1.12 bits per heavy atom. The molecule has 5 aromatic rings. The van der Waals surface area contributed by atoms with Crippen molar-refractivity contribution in [1.29, 1.82) is 0 Å². The quantitative estimate of drug-likeness (QED) is 0.0716. The number of nitrogens with zero attached hydrogens (tertiary/aromatic N) is 4. The summed E-state index contributed by atoms with van der Waals surface area (Å²) >= 11 is 0. The minimum Gasteiger partial charge on any atom is -0.496 e. The lowest BCUT2D eigenvalue weighted by Crippen LogP contribution is -2.47. The third-order valence-corrected chi connectivity index (χ3v) is 14.5. The number of anilines is 4. The van der Waals surface area contributed by atoms with Gasteiger partial charge in [0.2, 0.25) is 24.1 Å². The molecule has 2 saturated carbocycles. The van der Waals surface area contributed by atoms with Crippen molar-refractivity contribution in [2.75, 3.05) is 35.5 Å². The summed E-state index contributed by atoms with van der Waals surface area (Å²) in [7, 11) is 3.23. The molecule has 2 aliphatic heterocycles. The van der Waals surface area contributed by atoms with Crippen molar-refractivity contribution in [2.45, 2.75) is 131 Å². The fourth-order valence-corrected chi connectivity index (χ4v) is 10.3. The average molecular weight is 1040 g/mol. The molecule has 0 saturated heterocycles. The smallest absolute Gasteiger partial charge is 0.426 e. The maximum absolute atomic E-state index is 13.1. The maximum Gasteiger partial charge on any atom is 0.426 e. The average Bonchev–Trinajstić information content (AvgIpc) is 3.94. The van der Waals surface area contributed by atoms with Gasteiger partial charge in [0.1, 0.15) is 17.1 Å². The number of benzene rings is 4. The van der Waals surface area contributed by atoms with E-state index in [1.165, 1.54) is 6.39 Å². The predicted molar refractivity (Wildman–Crippen MR) is 286 cm³/mol. The Kier molecular flexibility index (Phi) is 16.5. The molecule has 6 N–H and O–H groups in total. The molecule has 20 nitrogen and oxygen atoms in total. The Morgan fingerprint density at radius 3 is 1.58 bits per heavy atom. The van der Waals surface area contributed by atoms with Crippen LogP contribution in [0.2, 0.25) is 0 Å². The predicted octanol–water partition coefficient (Wildman–Crippen LogP) is 9.93. The van der Waals surface area contributed by atoms with E-state index in [1.54, 1.807) is 47.1 Å². The third-order valence-electron chi connectivity index (χ3n) is 14.5. The van der Waals surface area contributed by atoms with E-state index >= 15 is 0 Å². The zero-order valence-corrected chi connectivity index (χ0v) is 44.6. The lowest BCUT2D eigenvalue weighted by atomic mass is 9.84. The van der Waals surface area contributed by atoms with Crippen molar-refractivity contribution in [2.24, 2.45) is 11.8 Å². The second kappa shape index (κ2) is 23.2. The van der Waals surface area contributed by atoms with Crippen molar-refractivity contribution in [1.82, 2.24) is 30.8 Å². The number of rotatable bonds is 10. The van der Waals surface area contributed by atoms with Crippen LogP contribution in [0.5, 0.6) is 11.5 Å². The fourth-order valence-electron chi connectivity index (χ4n) is 10.3. The SMILES string of the molecule is COc1cc(NC(=O)C2CCC(N3Cc4c(C)cc(-c5nnco5)cc4NC3=O)CC2)ccc1C.COc1cc(NC(=O)C2CCC(N3Cc4c(C)cc(C(=O)NNC(=O)OC(C)(C)C)cc4NC3=O)CC2)ccc1C. The molecule has 0 spiro atoms. The highest BCUT2D eigenvalue weighted by Crippen LogP contribution is 2.38. The van der Waals surface area contributed by atoms with Crippen molar-refractivity contribution in [3.05, 3.63) is 106 Å². The summed E-state index contributed by atoms with van der Waals surface area (Å²) in [5.74, 6) is 1.17. The molecule has 0 bridgehead atoms. The molecule has 4 aliphatic rings. The standard InChI is InChI=1S/C30H39N5O6.C26H29N5O4/c1-17-7-10-21(15-25(17)40-6)31-26(36)19-8-11-22(12-9-19)35-16-23-18(2)13-20(14-24(23)32-28(35)38)27(37)33-34-29(39)41-30(3,4)5;1-15-4-7-19(12-23(15)34-3)28-24(32)17-5-8-20(9-6-17)31-13-21-16(2)10-18(25-30-27-14-35-25)11-22(21)29-26(31)33/h7,10,13-15,19,22H,8-9,11-12,16H2,1-6H3,(H,31,36)(H,32,38)(H,33,37)(H,34,39);4,7,10-12,14,17,20H,5-6,8-9,13H2,1-3H3,(H,28,32)(H,29,33). The van der Waals surface area contributed by atoms with Gasteiger partial charge >= 0.3 is 18.2 Å². The number of ether oxygens (including phenoxy) is 3. The van der Waals surface area contributed by atoms with E-state index in [2.05, 4.69) is 42.3 Å². The summed E-state index contributed by atoms with van der Waals surface area (Å²) in [6.45, 7) is 13.9. The van der Waals surface area contributed by atoms with Crippen LogP contribution in [0.4, 0.5) is 37.1 Å². The molecule has 4 aromatic carbocycles. The van der Waals surface area contributed by atoms with E-state index in [0.717, 1.165) is 87.5 Å². The van der Waals surface area contributed by atoms with Crippen LogP contribution in [0.15, 0.2) is 71.5 Å². The number of aryl methyl sites for hydroxylation is 4. The van der Waals surface area contributed by atoms with Crippen molar-refractivity contribution in [3.8, 4) is 23.0 Å². The zero-order chi connectivity index (χ0) is 54.4. The van der Waals surface area contributed by atoms with Gasteiger partial charge in [-0.1, -0.05) is 12.1 Å². The summed E-state index contributed by atoms with van der Waals surface area (Å²) < 4.78 is 21.1. The molecular formula is C56H68N10O10. The number of urea groups is 2. The van der Waals surface area contributed by atoms with Gasteiger partial charge in [-0.2, -0.15) is 0 Å². The number of aromatic nitrogens is 2. The van der Waals surface area contributed by atoms with Crippen LogP contribution in [0, 0.1) is 39.5 Å². The molecule has 0 atom stereocenters. The van der Waals surface area contributed by atoms with Gasteiger partial charge in [0.05, 0.1) is 27.3 Å². The Labute approximate surface area is 442 Å². The van der Waals surface area contributed by atoms with E-state index in [0.29, 0.717) is 61.6 Å². The van der Waals surface area contributed by atoms with E-state index in [4.69, 9.17) is 18.6 Å². The van der Waals surface area contributed by atoms with Gasteiger partial charge in [0.25, 0.3) is 5.91 Å². The molecule has 76 heavy (non-hydrogen) atoms. The monoisotopic (exact) mass is 1040 g/mol. The van der Waals surface area contributed by atoms with Crippen LogP contribution in [0.25, 0.3) is 11.5 Å². The van der Waals surface area contributed by atoms with E-state index in [9.17, 15) is 28.8 Å². The molecule has 2 aliphatic carbocycles. The van der Waals surface area contributed by atoms with Crippen LogP contribution in [-0.2, 0) is 27.4 Å². The van der Waals surface area contributed by atoms with E-state index in [-0.39, 0.29) is 47.8 Å². The van der Waals surface area contributed by atoms with Crippen molar-refractivity contribution < 1.29 is 47.4 Å². The minimum atomic E-state index is -0.771. The number of hydrazine groups is 1. The molecule has 3 heterocycles. The minimum absolute atomic E-state index is 0.00655. The van der Waals surface area contributed by atoms with E-state index in [1.807, 2.05) is 86.0 Å². The van der Waals surface area contributed by atoms with Crippen molar-refractivity contribution in [3.63, 3.8) is 0 Å². The van der Waals surface area contributed by atoms with Crippen LogP contribution in [-0.4, -0.2) is 87.8 Å². The summed E-state index contributed by atoms with van der Waals surface area (Å²) in [6, 6.07) is 18.2. The summed E-state index contributed by atoms with van der Waals surface area (Å²) in [5.41, 5.74) is 13.7. The zero-order valence-electron chi connectivity index (χ0n) is 44.6. The Balaban J connectivity index is 0.000000204. The Bertz CT molecular complexity index is 2990. The molecule has 2 fully saturated rings. The van der Waals surface area contributed by atoms with Gasteiger partial charge < -0.3 is 49.7 Å². The lowest BCUT2D eigenvalue weighted by Gasteiger charge is -2.39. The summed E-state index contributed by atoms with van der Waals surface area (Å²) in [4.78, 5) is 80.1. The van der Waals surface area contributed by atoms with Crippen LogP contribution in [0.3, 0.4) is 0 Å². The molecule has 0 unspecified atom stereocenters. The van der Waals surface area contributed by atoms with Crippen LogP contribution in [0.1, 0.15) is 116 Å². The number of fused-ring (bicyclic) bond motifs is 2. The number of hydrogen-bond donors (Lipinski definition) is 6. The number of carbonyl (C=O) groups is 6. The van der Waals surface area contributed by atoms with Gasteiger partial charge in [0.15, 0.2) is 0 Å². The highest BCUT2D eigenvalue weighted by atomic mass is 16.6. The molecule has 0 radical (unpaired) electrons. The first-order valence-corrected chi connectivity index (χ1v) is 25.7. The molecule has 9 rings (SSSR count). The van der Waals surface area contributed by atoms with Gasteiger partial charge in [-0.15, -0.1) is 10.2 Å². The summed E-state index contributed by atoms with van der Waals surface area (Å²) in [6.07, 6.45) is 6.37. The van der Waals surface area contributed by atoms with Gasteiger partial charge in [0, 0.05) is 69.9 Å². The molecule has 8 amide bonds. The summed E-state index contributed by atoms with van der Waals surface area (Å²) in [5, 5.41) is 19.7. The number of carbonyl (C=O) groups excluding carboxylic acids is 6. The lowest BCUT2D eigenvalue weighted by molar-refractivity contribution is -0.121. The van der Waals surface area contributed by atoms with Gasteiger partial charge in [-0.05, 0) is 170 Å². The van der Waals surface area contributed by atoms with Crippen molar-refractivity contribution >= 4 is 58.6 Å². The number of methoxy groups -OCH3 is 2. The normalized spacial score (nSPS) is 19.0. The van der Waals surface area contributed by atoms with Gasteiger partial charge in [-0.25, -0.2) is 19.8 Å². The highest BCUT2D eigenvalue weighted by molar-refractivity contribution is 6.00. The highest BCUT2D eigenvalue weighted by Gasteiger charge is 2.37. The van der Waals surface area contributed by atoms with Crippen LogP contribution < -0.4 is 41.6 Å². The Hall–Kier alpha value is -8.16. The molecule has 20 heteroatoms. The first kappa shape index (κ1) is 54.1. The third kappa shape index (κ3) is 12.8. The van der Waals surface area contributed by atoms with Gasteiger partial charge in [-0.3, -0.25) is 19.8 Å². The number of nitrogens with one attached hydrogen (secondary N) is 6. The largest absolute Gasteiger partial charge is 0.496 e. The first-order chi connectivity index (χ1) is 36.3. The molecular weight excluding hydrogens is 973 g/mol. The number of hydrogen-bond acceptors (Lipinski definition) is 12. The fraction of sp³-hybridized carbons (Fsp3) is 0.429. The second-order valence-corrected chi connectivity index (χ2v) is 20.9.